The van der Waals surface area contributed by atoms with Crippen molar-refractivity contribution in [3.63, 3.8) is 0 Å². The first kappa shape index (κ1) is 18.8. The largest absolute Gasteiger partial charge is 0.493 e. The Balaban J connectivity index is 2.19. The first-order valence-electron chi connectivity index (χ1n) is 8.77. The fourth-order valence-corrected chi connectivity index (χ4v) is 3.68. The van der Waals surface area contributed by atoms with Crippen LogP contribution in [-0.2, 0) is 11.2 Å². The van der Waals surface area contributed by atoms with Crippen molar-refractivity contribution in [3.05, 3.63) is 58.7 Å². The van der Waals surface area contributed by atoms with Gasteiger partial charge in [-0.1, -0.05) is 31.2 Å². The molecular weight excluding hydrogens is 346 g/mol. The van der Waals surface area contributed by atoms with Gasteiger partial charge in [0.15, 0.2) is 11.5 Å². The molecule has 1 aliphatic heterocycles. The molecule has 0 saturated carbocycles. The number of methoxy groups -OCH3 is 2. The number of benzene rings is 2. The predicted molar refractivity (Wildman–Crippen MR) is 101 cm³/mol. The van der Waals surface area contributed by atoms with E-state index in [4.69, 9.17) is 9.47 Å². The number of rotatable bonds is 5. The maximum atomic E-state index is 13.0. The molecule has 1 N–H and O–H groups in total. The van der Waals surface area contributed by atoms with Gasteiger partial charge in [-0.25, -0.2) is 0 Å². The summed E-state index contributed by atoms with van der Waals surface area (Å²) in [5, 5.41) is 10.0. The third-order valence-corrected chi connectivity index (χ3v) is 5.17. The molecule has 0 radical (unpaired) electrons. The first-order valence-corrected chi connectivity index (χ1v) is 8.77. The van der Waals surface area contributed by atoms with Gasteiger partial charge in [-0.3, -0.25) is 9.59 Å². The van der Waals surface area contributed by atoms with Crippen LogP contribution in [0.5, 0.6) is 11.5 Å². The number of hydrogen-bond acceptors (Lipinski definition) is 4. The van der Waals surface area contributed by atoms with E-state index in [1.54, 1.807) is 19.2 Å². The minimum Gasteiger partial charge on any atom is -0.493 e. The van der Waals surface area contributed by atoms with Crippen molar-refractivity contribution in [2.45, 2.75) is 25.3 Å². The zero-order valence-electron chi connectivity index (χ0n) is 15.9. The van der Waals surface area contributed by atoms with Crippen LogP contribution in [0, 0.1) is 0 Å². The van der Waals surface area contributed by atoms with Crippen LogP contribution in [0.2, 0.25) is 0 Å². The third-order valence-electron chi connectivity index (χ3n) is 5.17. The highest BCUT2D eigenvalue weighted by atomic mass is 16.5. The summed E-state index contributed by atoms with van der Waals surface area (Å²) in [6, 6.07) is 10.3. The fraction of sp³-hybridized carbons (Fsp3) is 0.333. The molecule has 2 atom stereocenters. The molecule has 27 heavy (non-hydrogen) atoms. The summed E-state index contributed by atoms with van der Waals surface area (Å²) in [5.74, 6) is -1.34. The predicted octanol–water partition coefficient (Wildman–Crippen LogP) is 3.26. The Morgan fingerprint density at radius 1 is 1.11 bits per heavy atom. The number of amides is 1. The van der Waals surface area contributed by atoms with E-state index in [9.17, 15) is 14.7 Å². The first-order chi connectivity index (χ1) is 12.9. The molecule has 0 aromatic heterocycles. The van der Waals surface area contributed by atoms with E-state index >= 15 is 0 Å². The molecule has 1 aliphatic rings. The van der Waals surface area contributed by atoms with Crippen molar-refractivity contribution in [2.75, 3.05) is 21.3 Å². The van der Waals surface area contributed by atoms with Crippen molar-refractivity contribution in [1.29, 1.82) is 0 Å². The Kier molecular flexibility index (Phi) is 5.08. The van der Waals surface area contributed by atoms with Gasteiger partial charge in [0.05, 0.1) is 20.3 Å². The Labute approximate surface area is 158 Å². The molecular formula is C21H23NO5. The maximum absolute atomic E-state index is 13.0. The van der Waals surface area contributed by atoms with Crippen molar-refractivity contribution >= 4 is 11.9 Å². The maximum Gasteiger partial charge on any atom is 0.313 e. The van der Waals surface area contributed by atoms with Gasteiger partial charge in [-0.05, 0) is 35.2 Å². The Morgan fingerprint density at radius 3 is 2.22 bits per heavy atom. The van der Waals surface area contributed by atoms with E-state index in [1.807, 2.05) is 24.3 Å². The van der Waals surface area contributed by atoms with Crippen LogP contribution in [0.4, 0.5) is 0 Å². The Hall–Kier alpha value is -3.02. The zero-order valence-corrected chi connectivity index (χ0v) is 15.9. The second kappa shape index (κ2) is 7.31. The molecule has 2 aromatic rings. The lowest BCUT2D eigenvalue weighted by molar-refractivity contribution is -0.140. The molecule has 0 saturated heterocycles. The standard InChI is InChI=1S/C21H23NO5/c1-5-12-6-8-13(9-7-12)19-18(21(24)25)14-10-16(26-3)17(27-4)11-15(14)20(23)22(19)2/h6-11,18-19H,5H2,1-4H3,(H,24,25). The lowest BCUT2D eigenvalue weighted by Gasteiger charge is -2.39. The summed E-state index contributed by atoms with van der Waals surface area (Å²) in [5.41, 5.74) is 2.70. The normalized spacial score (nSPS) is 18.8. The number of carbonyl (C=O) groups excluding carboxylic acids is 1. The van der Waals surface area contributed by atoms with Crippen molar-refractivity contribution < 1.29 is 24.2 Å². The Bertz CT molecular complexity index is 875. The van der Waals surface area contributed by atoms with Gasteiger partial charge < -0.3 is 19.5 Å². The monoisotopic (exact) mass is 369 g/mol. The van der Waals surface area contributed by atoms with Crippen LogP contribution in [0.15, 0.2) is 36.4 Å². The number of likely N-dealkylation sites (N-methyl/N-ethyl adjacent to an activating group) is 1. The van der Waals surface area contributed by atoms with Gasteiger partial charge >= 0.3 is 5.97 Å². The van der Waals surface area contributed by atoms with E-state index in [1.165, 1.54) is 19.1 Å². The number of hydrogen-bond donors (Lipinski definition) is 1. The molecule has 6 heteroatoms. The number of ether oxygens (including phenoxy) is 2. The van der Waals surface area contributed by atoms with Crippen LogP contribution in [0.1, 0.15) is 45.9 Å². The van der Waals surface area contributed by atoms with E-state index in [0.717, 1.165) is 17.5 Å². The summed E-state index contributed by atoms with van der Waals surface area (Å²) in [6.07, 6.45) is 0.891. The van der Waals surface area contributed by atoms with E-state index in [0.29, 0.717) is 22.6 Å². The van der Waals surface area contributed by atoms with Crippen LogP contribution in [-0.4, -0.2) is 43.2 Å². The molecule has 2 aromatic carbocycles. The van der Waals surface area contributed by atoms with Crippen molar-refractivity contribution in [1.82, 2.24) is 4.90 Å². The average Bonchev–Trinajstić information content (AvgIpc) is 2.69. The van der Waals surface area contributed by atoms with Gasteiger partial charge in [-0.2, -0.15) is 0 Å². The van der Waals surface area contributed by atoms with Crippen LogP contribution >= 0.6 is 0 Å². The van der Waals surface area contributed by atoms with Crippen LogP contribution in [0.25, 0.3) is 0 Å². The average molecular weight is 369 g/mol. The van der Waals surface area contributed by atoms with Gasteiger partial charge in [0.2, 0.25) is 0 Å². The number of carboxylic acid groups (broad SMARTS) is 1. The van der Waals surface area contributed by atoms with Crippen LogP contribution < -0.4 is 9.47 Å². The minimum atomic E-state index is -0.993. The smallest absolute Gasteiger partial charge is 0.313 e. The Morgan fingerprint density at radius 2 is 1.70 bits per heavy atom. The van der Waals surface area contributed by atoms with E-state index in [-0.39, 0.29) is 5.91 Å². The summed E-state index contributed by atoms with van der Waals surface area (Å²) in [7, 11) is 4.60. The number of aliphatic carboxylic acids is 1. The number of carbonyl (C=O) groups is 2. The lowest BCUT2D eigenvalue weighted by atomic mass is 9.79. The summed E-state index contributed by atoms with van der Waals surface area (Å²) in [4.78, 5) is 26.7. The third kappa shape index (κ3) is 3.12. The number of fused-ring (bicyclic) bond motifs is 1. The number of aryl methyl sites for hydroxylation is 1. The molecule has 6 nitrogen and oxygen atoms in total. The molecule has 1 heterocycles. The topological polar surface area (TPSA) is 76.1 Å². The van der Waals surface area contributed by atoms with E-state index < -0.39 is 17.9 Å². The fourth-order valence-electron chi connectivity index (χ4n) is 3.68. The summed E-state index contributed by atoms with van der Waals surface area (Å²) in [6.45, 7) is 2.06. The molecule has 0 fully saturated rings. The quantitative estimate of drug-likeness (QED) is 0.875. The molecule has 0 bridgehead atoms. The molecule has 0 spiro atoms. The van der Waals surface area contributed by atoms with E-state index in [2.05, 4.69) is 6.92 Å². The van der Waals surface area contributed by atoms with Crippen LogP contribution in [0.3, 0.4) is 0 Å². The second-order valence-corrected chi connectivity index (χ2v) is 6.57. The number of carboxylic acids is 1. The highest BCUT2D eigenvalue weighted by Gasteiger charge is 2.43. The highest BCUT2D eigenvalue weighted by Crippen LogP contribution is 2.45. The minimum absolute atomic E-state index is 0.243. The number of nitrogens with zero attached hydrogens (tertiary/aromatic N) is 1. The SMILES string of the molecule is CCc1ccc(C2C(C(=O)O)c3cc(OC)c(OC)cc3C(=O)N2C)cc1. The summed E-state index contributed by atoms with van der Waals surface area (Å²) < 4.78 is 10.6. The second-order valence-electron chi connectivity index (χ2n) is 6.57. The summed E-state index contributed by atoms with van der Waals surface area (Å²) >= 11 is 0. The highest BCUT2D eigenvalue weighted by molar-refractivity contribution is 6.01. The molecule has 0 aliphatic carbocycles. The van der Waals surface area contributed by atoms with Gasteiger partial charge in [-0.15, -0.1) is 0 Å². The van der Waals surface area contributed by atoms with Gasteiger partial charge in [0, 0.05) is 12.6 Å². The van der Waals surface area contributed by atoms with Crippen molar-refractivity contribution in [3.8, 4) is 11.5 Å². The molecule has 3 rings (SSSR count). The van der Waals surface area contributed by atoms with Crippen molar-refractivity contribution in [2.24, 2.45) is 0 Å². The van der Waals surface area contributed by atoms with Gasteiger partial charge in [0.25, 0.3) is 5.91 Å². The molecule has 1 amide bonds. The molecule has 2 unspecified atom stereocenters. The zero-order chi connectivity index (χ0) is 19.7. The van der Waals surface area contributed by atoms with Gasteiger partial charge in [0.1, 0.15) is 5.92 Å². The molecule has 142 valence electrons. The lowest BCUT2D eigenvalue weighted by Crippen LogP contribution is -2.42.